The first-order valence-corrected chi connectivity index (χ1v) is 6.52. The van der Waals surface area contributed by atoms with Crippen molar-refractivity contribution in [3.05, 3.63) is 23.8 Å². The summed E-state index contributed by atoms with van der Waals surface area (Å²) in [7, 11) is 3.21. The monoisotopic (exact) mass is 268 g/mol. The second-order valence-corrected chi connectivity index (χ2v) is 4.56. The molecule has 0 unspecified atom stereocenters. The maximum Gasteiger partial charge on any atom is 0.127 e. The first-order chi connectivity index (χ1) is 9.30. The van der Waals surface area contributed by atoms with Crippen molar-refractivity contribution in [3.63, 3.8) is 0 Å². The quantitative estimate of drug-likeness (QED) is 0.880. The molecule has 1 aliphatic heterocycles. The van der Waals surface area contributed by atoms with E-state index in [1.807, 2.05) is 12.1 Å². The van der Waals surface area contributed by atoms with Crippen LogP contribution in [0.2, 0.25) is 0 Å². The van der Waals surface area contributed by atoms with E-state index in [4.69, 9.17) is 9.47 Å². The predicted octanol–water partition coefficient (Wildman–Crippen LogP) is 1.62. The first kappa shape index (κ1) is 14.1. The van der Waals surface area contributed by atoms with Crippen molar-refractivity contribution in [3.8, 4) is 11.5 Å². The minimum atomic E-state index is -0.414. The lowest BCUT2D eigenvalue weighted by molar-refractivity contribution is 0.145. The number of ether oxygens (including phenoxy) is 2. The highest BCUT2D eigenvalue weighted by Crippen LogP contribution is 2.33. The third-order valence-corrected chi connectivity index (χ3v) is 3.54. The third kappa shape index (κ3) is 3.16. The van der Waals surface area contributed by atoms with Crippen molar-refractivity contribution in [1.82, 2.24) is 10.2 Å². The molecule has 4 nitrogen and oxygen atoms in total. The van der Waals surface area contributed by atoms with Crippen LogP contribution in [-0.4, -0.2) is 52.0 Å². The Morgan fingerprint density at radius 1 is 1.26 bits per heavy atom. The molecule has 106 valence electrons. The lowest BCUT2D eigenvalue weighted by Crippen LogP contribution is -2.45. The van der Waals surface area contributed by atoms with Crippen LogP contribution in [0.4, 0.5) is 4.39 Å². The van der Waals surface area contributed by atoms with Gasteiger partial charge < -0.3 is 14.8 Å². The molecule has 1 aromatic rings. The molecule has 0 aliphatic carbocycles. The Hall–Kier alpha value is -1.33. The summed E-state index contributed by atoms with van der Waals surface area (Å²) < 4.78 is 24.0. The van der Waals surface area contributed by atoms with Gasteiger partial charge in [-0.3, -0.25) is 4.90 Å². The van der Waals surface area contributed by atoms with Gasteiger partial charge in [0, 0.05) is 37.8 Å². The number of rotatable bonds is 5. The Balaban J connectivity index is 2.26. The highest BCUT2D eigenvalue weighted by atomic mass is 19.1. The molecule has 19 heavy (non-hydrogen) atoms. The third-order valence-electron chi connectivity index (χ3n) is 3.54. The molecule has 0 aromatic heterocycles. The second kappa shape index (κ2) is 6.73. The van der Waals surface area contributed by atoms with Crippen LogP contribution in [0, 0.1) is 0 Å². The van der Waals surface area contributed by atoms with E-state index in [2.05, 4.69) is 10.2 Å². The summed E-state index contributed by atoms with van der Waals surface area (Å²) in [6, 6.07) is 5.30. The Bertz CT molecular complexity index is 408. The molecule has 0 bridgehead atoms. The molecule has 1 aromatic carbocycles. The molecule has 0 saturated carbocycles. The predicted molar refractivity (Wildman–Crippen MR) is 72.7 cm³/mol. The Morgan fingerprint density at radius 2 is 2.00 bits per heavy atom. The standard InChI is InChI=1S/C14H21FN2O2/c1-18-11-3-4-12(14(9-11)19-2)13(10-15)17-7-5-16-6-8-17/h3-4,9,13,16H,5-8,10H2,1-2H3/t13-/m1/s1. The van der Waals surface area contributed by atoms with E-state index in [0.717, 1.165) is 37.5 Å². The van der Waals surface area contributed by atoms with Crippen LogP contribution < -0.4 is 14.8 Å². The summed E-state index contributed by atoms with van der Waals surface area (Å²) in [6.07, 6.45) is 0. The number of halogens is 1. The zero-order valence-electron chi connectivity index (χ0n) is 11.5. The Kier molecular flexibility index (Phi) is 4.99. The smallest absolute Gasteiger partial charge is 0.127 e. The van der Waals surface area contributed by atoms with Crippen molar-refractivity contribution in [1.29, 1.82) is 0 Å². The van der Waals surface area contributed by atoms with Crippen LogP contribution in [-0.2, 0) is 0 Å². The lowest BCUT2D eigenvalue weighted by Gasteiger charge is -2.34. The van der Waals surface area contributed by atoms with E-state index < -0.39 is 6.67 Å². The van der Waals surface area contributed by atoms with Crippen LogP contribution in [0.3, 0.4) is 0 Å². The molecular weight excluding hydrogens is 247 g/mol. The van der Waals surface area contributed by atoms with E-state index >= 15 is 0 Å². The van der Waals surface area contributed by atoms with Crippen LogP contribution in [0.1, 0.15) is 11.6 Å². The van der Waals surface area contributed by atoms with Crippen LogP contribution >= 0.6 is 0 Å². The molecule has 5 heteroatoms. The van der Waals surface area contributed by atoms with Crippen molar-refractivity contribution < 1.29 is 13.9 Å². The fourth-order valence-electron chi connectivity index (χ4n) is 2.46. The van der Waals surface area contributed by atoms with Gasteiger partial charge in [0.1, 0.15) is 18.2 Å². The van der Waals surface area contributed by atoms with E-state index in [0.29, 0.717) is 5.75 Å². The minimum absolute atomic E-state index is 0.247. The maximum atomic E-state index is 13.5. The summed E-state index contributed by atoms with van der Waals surface area (Å²) in [6.45, 7) is 3.08. The molecule has 1 saturated heterocycles. The number of benzene rings is 1. The Labute approximate surface area is 113 Å². The van der Waals surface area contributed by atoms with E-state index in [1.165, 1.54) is 0 Å². The fourth-order valence-corrected chi connectivity index (χ4v) is 2.46. The SMILES string of the molecule is COc1ccc([C@@H](CF)N2CCNCC2)c(OC)c1. The van der Waals surface area contributed by atoms with Gasteiger partial charge in [-0.2, -0.15) is 0 Å². The summed E-state index contributed by atoms with van der Waals surface area (Å²) in [5.41, 5.74) is 0.882. The van der Waals surface area contributed by atoms with Crippen LogP contribution in [0.25, 0.3) is 0 Å². The number of hydrogen-bond acceptors (Lipinski definition) is 4. The molecule has 2 rings (SSSR count). The zero-order valence-corrected chi connectivity index (χ0v) is 11.5. The number of alkyl halides is 1. The normalized spacial score (nSPS) is 18.1. The number of hydrogen-bond donors (Lipinski definition) is 1. The van der Waals surface area contributed by atoms with Gasteiger partial charge in [-0.05, 0) is 12.1 Å². The fraction of sp³-hybridized carbons (Fsp3) is 0.571. The zero-order chi connectivity index (χ0) is 13.7. The molecule has 0 radical (unpaired) electrons. The maximum absolute atomic E-state index is 13.5. The van der Waals surface area contributed by atoms with Crippen molar-refractivity contribution in [2.24, 2.45) is 0 Å². The molecule has 1 N–H and O–H groups in total. The van der Waals surface area contributed by atoms with Gasteiger partial charge in [-0.15, -0.1) is 0 Å². The van der Waals surface area contributed by atoms with Gasteiger partial charge in [0.05, 0.1) is 20.3 Å². The molecule has 0 spiro atoms. The average Bonchev–Trinajstić information content (AvgIpc) is 2.49. The van der Waals surface area contributed by atoms with E-state index in [1.54, 1.807) is 20.3 Å². The number of piperazine rings is 1. The number of nitrogens with zero attached hydrogens (tertiary/aromatic N) is 1. The minimum Gasteiger partial charge on any atom is -0.497 e. The van der Waals surface area contributed by atoms with Crippen LogP contribution in [0.15, 0.2) is 18.2 Å². The molecule has 1 atom stereocenters. The summed E-state index contributed by atoms with van der Waals surface area (Å²) in [5, 5.41) is 3.28. The summed E-state index contributed by atoms with van der Waals surface area (Å²) in [5.74, 6) is 1.40. The topological polar surface area (TPSA) is 33.7 Å². The average molecular weight is 268 g/mol. The second-order valence-electron chi connectivity index (χ2n) is 4.56. The first-order valence-electron chi connectivity index (χ1n) is 6.52. The van der Waals surface area contributed by atoms with Crippen molar-refractivity contribution >= 4 is 0 Å². The molecule has 1 heterocycles. The molecule has 0 amide bonds. The van der Waals surface area contributed by atoms with Gasteiger partial charge in [0.2, 0.25) is 0 Å². The highest BCUT2D eigenvalue weighted by molar-refractivity contribution is 5.42. The van der Waals surface area contributed by atoms with Crippen LogP contribution in [0.5, 0.6) is 11.5 Å². The van der Waals surface area contributed by atoms with Gasteiger partial charge in [0.15, 0.2) is 0 Å². The van der Waals surface area contributed by atoms with E-state index in [-0.39, 0.29) is 6.04 Å². The van der Waals surface area contributed by atoms with Gasteiger partial charge in [0.25, 0.3) is 0 Å². The van der Waals surface area contributed by atoms with Crippen molar-refractivity contribution in [2.75, 3.05) is 47.1 Å². The molecule has 1 fully saturated rings. The van der Waals surface area contributed by atoms with Gasteiger partial charge in [-0.25, -0.2) is 4.39 Å². The summed E-state index contributed by atoms with van der Waals surface area (Å²) >= 11 is 0. The number of methoxy groups -OCH3 is 2. The van der Waals surface area contributed by atoms with Gasteiger partial charge in [-0.1, -0.05) is 0 Å². The number of nitrogens with one attached hydrogen (secondary N) is 1. The highest BCUT2D eigenvalue weighted by Gasteiger charge is 2.25. The largest absolute Gasteiger partial charge is 0.497 e. The van der Waals surface area contributed by atoms with E-state index in [9.17, 15) is 4.39 Å². The lowest BCUT2D eigenvalue weighted by atomic mass is 10.0. The van der Waals surface area contributed by atoms with Gasteiger partial charge >= 0.3 is 0 Å². The molecular formula is C14H21FN2O2. The summed E-state index contributed by atoms with van der Waals surface area (Å²) in [4.78, 5) is 2.15. The van der Waals surface area contributed by atoms with Crippen molar-refractivity contribution in [2.45, 2.75) is 6.04 Å². The Morgan fingerprint density at radius 3 is 2.58 bits per heavy atom. The molecule has 1 aliphatic rings.